The van der Waals surface area contributed by atoms with Crippen LogP contribution < -0.4 is 5.32 Å². The second-order valence-electron chi connectivity index (χ2n) is 5.21. The molecule has 2 fully saturated rings. The molecule has 3 unspecified atom stereocenters. The van der Waals surface area contributed by atoms with E-state index in [-0.39, 0.29) is 21.7 Å². The molecule has 0 bridgehead atoms. The van der Waals surface area contributed by atoms with Crippen molar-refractivity contribution in [3.05, 3.63) is 4.60 Å². The van der Waals surface area contributed by atoms with E-state index < -0.39 is 10.0 Å². The average molecular weight is 350 g/mol. The van der Waals surface area contributed by atoms with Gasteiger partial charge in [-0.3, -0.25) is 0 Å². The summed E-state index contributed by atoms with van der Waals surface area (Å²) in [6.45, 7) is 3.58. The highest BCUT2D eigenvalue weighted by Gasteiger charge is 2.49. The van der Waals surface area contributed by atoms with Gasteiger partial charge in [0.25, 0.3) is 10.0 Å². The van der Waals surface area contributed by atoms with Gasteiger partial charge in [0.15, 0.2) is 4.60 Å². The van der Waals surface area contributed by atoms with Gasteiger partial charge in [-0.15, -0.1) is 5.10 Å². The fourth-order valence-corrected chi connectivity index (χ4v) is 6.17. The van der Waals surface area contributed by atoms with Crippen LogP contribution in [0.4, 0.5) is 0 Å². The minimum Gasteiger partial charge on any atom is -0.315 e. The standard InChI is InChI=1S/C10H16BrN5O2S/c1-6-3-7-4-12-5-8(7)16(6)19(17,18)10-9(11)13-14-15(10)2/h6-8,12H,3-5H2,1-2H3. The summed E-state index contributed by atoms with van der Waals surface area (Å²) in [5.41, 5.74) is 0. The Bertz CT molecular complexity index is 582. The monoisotopic (exact) mass is 349 g/mol. The first-order valence-electron chi connectivity index (χ1n) is 6.22. The highest BCUT2D eigenvalue weighted by atomic mass is 79.9. The first kappa shape index (κ1) is 13.5. The largest absolute Gasteiger partial charge is 0.315 e. The number of aromatic nitrogens is 3. The maximum atomic E-state index is 12.9. The molecule has 0 aliphatic carbocycles. The topological polar surface area (TPSA) is 80.1 Å². The van der Waals surface area contributed by atoms with Crippen LogP contribution in [0.1, 0.15) is 13.3 Å². The summed E-state index contributed by atoms with van der Waals surface area (Å²) in [4.78, 5) is 0. The van der Waals surface area contributed by atoms with Gasteiger partial charge in [0.05, 0.1) is 0 Å². The second-order valence-corrected chi connectivity index (χ2v) is 7.72. The van der Waals surface area contributed by atoms with Gasteiger partial charge in [-0.1, -0.05) is 5.21 Å². The Morgan fingerprint density at radius 3 is 2.79 bits per heavy atom. The van der Waals surface area contributed by atoms with E-state index in [0.29, 0.717) is 5.92 Å². The quantitative estimate of drug-likeness (QED) is 0.809. The maximum Gasteiger partial charge on any atom is 0.263 e. The van der Waals surface area contributed by atoms with E-state index in [1.165, 1.54) is 4.68 Å². The lowest BCUT2D eigenvalue weighted by atomic mass is 10.0. The molecule has 0 radical (unpaired) electrons. The molecule has 0 saturated carbocycles. The number of fused-ring (bicyclic) bond motifs is 1. The summed E-state index contributed by atoms with van der Waals surface area (Å²) in [5.74, 6) is 0.407. The lowest BCUT2D eigenvalue weighted by Crippen LogP contribution is -2.43. The smallest absolute Gasteiger partial charge is 0.263 e. The van der Waals surface area contributed by atoms with Crippen LogP contribution in [0.3, 0.4) is 0 Å². The van der Waals surface area contributed by atoms with Gasteiger partial charge in [-0.25, -0.2) is 13.1 Å². The van der Waals surface area contributed by atoms with Crippen LogP contribution in [-0.2, 0) is 17.1 Å². The van der Waals surface area contributed by atoms with Crippen molar-refractivity contribution in [1.29, 1.82) is 0 Å². The van der Waals surface area contributed by atoms with Crippen molar-refractivity contribution >= 4 is 26.0 Å². The zero-order valence-corrected chi connectivity index (χ0v) is 13.1. The molecule has 106 valence electrons. The molecule has 2 aliphatic rings. The molecule has 0 spiro atoms. The predicted octanol–water partition coefficient (Wildman–Crippen LogP) is -0.0515. The minimum absolute atomic E-state index is 0.0175. The van der Waals surface area contributed by atoms with Gasteiger partial charge in [0.1, 0.15) is 0 Å². The molecular weight excluding hydrogens is 334 g/mol. The SMILES string of the molecule is CC1CC2CNCC2N1S(=O)(=O)c1c(Br)nnn1C. The fraction of sp³-hybridized carbons (Fsp3) is 0.800. The highest BCUT2D eigenvalue weighted by molar-refractivity contribution is 9.10. The molecular formula is C10H16BrN5O2S. The Labute approximate surface area is 120 Å². The number of halogens is 1. The van der Waals surface area contributed by atoms with Gasteiger partial charge in [0, 0.05) is 25.7 Å². The summed E-state index contributed by atoms with van der Waals surface area (Å²) in [7, 11) is -1.98. The summed E-state index contributed by atoms with van der Waals surface area (Å²) < 4.78 is 28.9. The van der Waals surface area contributed by atoms with E-state index in [1.54, 1.807) is 11.4 Å². The zero-order valence-electron chi connectivity index (χ0n) is 10.7. The number of hydrogen-bond donors (Lipinski definition) is 1. The van der Waals surface area contributed by atoms with Gasteiger partial charge in [-0.05, 0) is 41.7 Å². The lowest BCUT2D eigenvalue weighted by molar-refractivity contribution is 0.332. The van der Waals surface area contributed by atoms with E-state index in [2.05, 4.69) is 31.6 Å². The van der Waals surface area contributed by atoms with Crippen molar-refractivity contribution < 1.29 is 8.42 Å². The molecule has 0 amide bonds. The molecule has 1 N–H and O–H groups in total. The van der Waals surface area contributed by atoms with Gasteiger partial charge in [-0.2, -0.15) is 4.31 Å². The predicted molar refractivity (Wildman–Crippen MR) is 72.0 cm³/mol. The van der Waals surface area contributed by atoms with E-state index in [0.717, 1.165) is 19.5 Å². The maximum absolute atomic E-state index is 12.9. The minimum atomic E-state index is -3.58. The van der Waals surface area contributed by atoms with Crippen molar-refractivity contribution in [2.75, 3.05) is 13.1 Å². The first-order chi connectivity index (χ1) is 8.93. The van der Waals surface area contributed by atoms with Crippen LogP contribution >= 0.6 is 15.9 Å². The van der Waals surface area contributed by atoms with Crippen molar-refractivity contribution in [3.63, 3.8) is 0 Å². The number of sulfonamides is 1. The highest BCUT2D eigenvalue weighted by Crippen LogP contribution is 2.37. The fourth-order valence-electron chi connectivity index (χ4n) is 3.24. The Morgan fingerprint density at radius 1 is 1.42 bits per heavy atom. The molecule has 1 aromatic rings. The van der Waals surface area contributed by atoms with Crippen molar-refractivity contribution in [2.45, 2.75) is 30.5 Å². The van der Waals surface area contributed by atoms with Crippen LogP contribution in [0, 0.1) is 5.92 Å². The lowest BCUT2D eigenvalue weighted by Gasteiger charge is -2.26. The molecule has 19 heavy (non-hydrogen) atoms. The normalized spacial score (nSPS) is 31.8. The third-order valence-electron chi connectivity index (χ3n) is 3.97. The molecule has 9 heteroatoms. The summed E-state index contributed by atoms with van der Waals surface area (Å²) in [5, 5.41) is 10.9. The number of aryl methyl sites for hydroxylation is 1. The average Bonchev–Trinajstić information content (AvgIpc) is 2.92. The van der Waals surface area contributed by atoms with Crippen LogP contribution in [0.5, 0.6) is 0 Å². The Morgan fingerprint density at radius 2 is 2.16 bits per heavy atom. The molecule has 7 nitrogen and oxygen atoms in total. The van der Waals surface area contributed by atoms with Gasteiger partial charge < -0.3 is 5.32 Å². The molecule has 3 rings (SSSR count). The van der Waals surface area contributed by atoms with E-state index in [9.17, 15) is 8.42 Å². The summed E-state index contributed by atoms with van der Waals surface area (Å²) >= 11 is 3.18. The second kappa shape index (κ2) is 4.51. The van der Waals surface area contributed by atoms with Gasteiger partial charge >= 0.3 is 0 Å². The van der Waals surface area contributed by atoms with Crippen molar-refractivity contribution in [3.8, 4) is 0 Å². The first-order valence-corrected chi connectivity index (χ1v) is 8.45. The van der Waals surface area contributed by atoms with Crippen LogP contribution in [-0.4, -0.2) is 52.9 Å². The Hall–Kier alpha value is -0.510. The molecule has 2 saturated heterocycles. The number of hydrogen-bond acceptors (Lipinski definition) is 5. The van der Waals surface area contributed by atoms with Crippen molar-refractivity contribution in [2.24, 2.45) is 13.0 Å². The summed E-state index contributed by atoms with van der Waals surface area (Å²) in [6, 6.07) is 0.0608. The molecule has 1 aromatic heterocycles. The van der Waals surface area contributed by atoms with Gasteiger partial charge in [0.2, 0.25) is 5.03 Å². The number of nitrogens with zero attached hydrogens (tertiary/aromatic N) is 4. The third kappa shape index (κ3) is 1.94. The van der Waals surface area contributed by atoms with E-state index in [4.69, 9.17) is 0 Å². The number of rotatable bonds is 2. The van der Waals surface area contributed by atoms with E-state index >= 15 is 0 Å². The molecule has 2 aliphatic heterocycles. The summed E-state index contributed by atoms with van der Waals surface area (Å²) in [6.07, 6.45) is 0.903. The third-order valence-corrected chi connectivity index (χ3v) is 6.90. The van der Waals surface area contributed by atoms with Crippen LogP contribution in [0.2, 0.25) is 0 Å². The zero-order chi connectivity index (χ0) is 13.8. The van der Waals surface area contributed by atoms with Crippen LogP contribution in [0.25, 0.3) is 0 Å². The molecule has 3 heterocycles. The Kier molecular flexibility index (Phi) is 3.19. The molecule has 0 aromatic carbocycles. The van der Waals surface area contributed by atoms with E-state index in [1.807, 2.05) is 6.92 Å². The van der Waals surface area contributed by atoms with Crippen molar-refractivity contribution in [1.82, 2.24) is 24.6 Å². The Balaban J connectivity index is 2.05. The van der Waals surface area contributed by atoms with Crippen LogP contribution in [0.15, 0.2) is 9.63 Å². The number of nitrogens with one attached hydrogen (secondary N) is 1. The molecule has 3 atom stereocenters.